The molecule has 4 rings (SSSR count). The van der Waals surface area contributed by atoms with Crippen LogP contribution in [0.1, 0.15) is 20.3 Å². The number of piperazine rings is 1. The van der Waals surface area contributed by atoms with Gasteiger partial charge in [0.05, 0.1) is 23.2 Å². The number of aromatic nitrogens is 2. The summed E-state index contributed by atoms with van der Waals surface area (Å²) in [6.45, 7) is 10.8. The van der Waals surface area contributed by atoms with Gasteiger partial charge < -0.3 is 14.5 Å². The molecule has 2 aliphatic rings. The van der Waals surface area contributed by atoms with Crippen molar-refractivity contribution in [2.75, 3.05) is 55.6 Å². The highest BCUT2D eigenvalue weighted by molar-refractivity contribution is 5.81. The Hall–Kier alpha value is -2.36. The molecule has 2 unspecified atom stereocenters. The summed E-state index contributed by atoms with van der Waals surface area (Å²) in [4.78, 5) is 17.2. The van der Waals surface area contributed by atoms with Crippen molar-refractivity contribution in [3.05, 3.63) is 24.3 Å². The largest absolute Gasteiger partial charge is 0.372 e. The number of terminal acetylenes is 1. The third-order valence-electron chi connectivity index (χ3n) is 5.50. The minimum Gasteiger partial charge on any atom is -0.372 e. The number of ether oxygens (including phenoxy) is 1. The van der Waals surface area contributed by atoms with Crippen molar-refractivity contribution < 1.29 is 4.74 Å². The van der Waals surface area contributed by atoms with E-state index in [2.05, 4.69) is 34.5 Å². The first-order chi connectivity index (χ1) is 13.6. The first kappa shape index (κ1) is 19.0. The number of anilines is 2. The van der Waals surface area contributed by atoms with Crippen LogP contribution in [0.2, 0.25) is 0 Å². The summed E-state index contributed by atoms with van der Waals surface area (Å²) in [5, 5.41) is 0. The smallest absolute Gasteiger partial charge is 0.172 e. The third-order valence-corrected chi connectivity index (χ3v) is 5.50. The minimum absolute atomic E-state index is 0.186. The third kappa shape index (κ3) is 4.06. The molecule has 6 nitrogen and oxygen atoms in total. The van der Waals surface area contributed by atoms with E-state index in [1.165, 1.54) is 0 Å². The van der Waals surface area contributed by atoms with Crippen molar-refractivity contribution in [2.24, 2.45) is 0 Å². The van der Waals surface area contributed by atoms with Gasteiger partial charge in [-0.2, -0.15) is 0 Å². The van der Waals surface area contributed by atoms with Crippen molar-refractivity contribution >= 4 is 22.7 Å². The monoisotopic (exact) mass is 379 g/mol. The van der Waals surface area contributed by atoms with E-state index in [9.17, 15) is 0 Å². The van der Waals surface area contributed by atoms with Gasteiger partial charge >= 0.3 is 0 Å². The predicted molar refractivity (Wildman–Crippen MR) is 114 cm³/mol. The van der Waals surface area contributed by atoms with Crippen molar-refractivity contribution in [1.82, 2.24) is 14.9 Å². The molecule has 148 valence electrons. The molecular weight excluding hydrogens is 350 g/mol. The minimum atomic E-state index is 0.186. The molecule has 2 fully saturated rings. The maximum absolute atomic E-state index is 5.94. The number of morpholine rings is 1. The van der Waals surface area contributed by atoms with Gasteiger partial charge in [0.15, 0.2) is 11.6 Å². The maximum Gasteiger partial charge on any atom is 0.172 e. The zero-order valence-electron chi connectivity index (χ0n) is 16.8. The predicted octanol–water partition coefficient (Wildman–Crippen LogP) is 2.39. The Balaban J connectivity index is 1.64. The second-order valence-electron chi connectivity index (χ2n) is 7.80. The summed E-state index contributed by atoms with van der Waals surface area (Å²) < 4.78 is 5.94. The average molecular weight is 380 g/mol. The molecule has 28 heavy (non-hydrogen) atoms. The van der Waals surface area contributed by atoms with Gasteiger partial charge in [0.2, 0.25) is 0 Å². The zero-order chi connectivity index (χ0) is 19.5. The molecule has 3 heterocycles. The maximum atomic E-state index is 5.94. The normalized spacial score (nSPS) is 23.8. The van der Waals surface area contributed by atoms with Gasteiger partial charge in [0.25, 0.3) is 0 Å². The van der Waals surface area contributed by atoms with Crippen molar-refractivity contribution in [2.45, 2.75) is 32.5 Å². The van der Waals surface area contributed by atoms with E-state index < -0.39 is 0 Å². The van der Waals surface area contributed by atoms with Crippen LogP contribution in [0, 0.1) is 12.3 Å². The molecular formula is C22H29N5O. The lowest BCUT2D eigenvalue weighted by molar-refractivity contribution is -0.00543. The quantitative estimate of drug-likeness (QED) is 0.760. The SMILES string of the molecule is C#CCCN1CCN(c2nc3ccccc3nc2N2CC(C)OC(C)C2)CC1. The molecule has 2 atom stereocenters. The summed E-state index contributed by atoms with van der Waals surface area (Å²) in [7, 11) is 0. The molecule has 0 radical (unpaired) electrons. The molecule has 0 bridgehead atoms. The van der Waals surface area contributed by atoms with Crippen LogP contribution in [0.25, 0.3) is 11.0 Å². The van der Waals surface area contributed by atoms with Gasteiger partial charge in [-0.05, 0) is 26.0 Å². The first-order valence-electron chi connectivity index (χ1n) is 10.2. The molecule has 0 N–H and O–H groups in total. The Morgan fingerprint density at radius 1 is 0.964 bits per heavy atom. The molecule has 2 saturated heterocycles. The van der Waals surface area contributed by atoms with Gasteiger partial charge in [-0.1, -0.05) is 12.1 Å². The Bertz CT molecular complexity index is 846. The zero-order valence-corrected chi connectivity index (χ0v) is 16.8. The van der Waals surface area contributed by atoms with Crippen molar-refractivity contribution in [1.29, 1.82) is 0 Å². The summed E-state index contributed by atoms with van der Waals surface area (Å²) in [5.74, 6) is 4.72. The molecule has 2 aliphatic heterocycles. The number of hydrogen-bond acceptors (Lipinski definition) is 6. The molecule has 0 aliphatic carbocycles. The number of nitrogens with zero attached hydrogens (tertiary/aromatic N) is 5. The van der Waals surface area contributed by atoms with Gasteiger partial charge in [0, 0.05) is 52.2 Å². The van der Waals surface area contributed by atoms with Crippen LogP contribution >= 0.6 is 0 Å². The molecule has 0 saturated carbocycles. The lowest BCUT2D eigenvalue weighted by Crippen LogP contribution is -2.49. The second-order valence-corrected chi connectivity index (χ2v) is 7.80. The van der Waals surface area contributed by atoms with E-state index in [4.69, 9.17) is 21.1 Å². The van der Waals surface area contributed by atoms with Crippen LogP contribution in [-0.2, 0) is 4.74 Å². The Morgan fingerprint density at radius 2 is 1.54 bits per heavy atom. The summed E-state index contributed by atoms with van der Waals surface area (Å²) in [6.07, 6.45) is 6.60. The van der Waals surface area contributed by atoms with E-state index in [0.717, 1.165) is 74.9 Å². The Morgan fingerprint density at radius 3 is 2.11 bits per heavy atom. The summed E-state index contributed by atoms with van der Waals surface area (Å²) in [6, 6.07) is 8.14. The van der Waals surface area contributed by atoms with E-state index in [1.807, 2.05) is 24.3 Å². The molecule has 1 aromatic heterocycles. The topological polar surface area (TPSA) is 44.7 Å². The van der Waals surface area contributed by atoms with E-state index >= 15 is 0 Å². The molecule has 6 heteroatoms. The fourth-order valence-corrected chi connectivity index (χ4v) is 4.16. The molecule has 2 aromatic rings. The van der Waals surface area contributed by atoms with Crippen LogP contribution < -0.4 is 9.80 Å². The van der Waals surface area contributed by atoms with E-state index in [1.54, 1.807) is 0 Å². The molecule has 1 aromatic carbocycles. The Labute approximate surface area is 167 Å². The summed E-state index contributed by atoms with van der Waals surface area (Å²) >= 11 is 0. The first-order valence-corrected chi connectivity index (χ1v) is 10.2. The van der Waals surface area contributed by atoms with Crippen molar-refractivity contribution in [3.63, 3.8) is 0 Å². The molecule has 0 amide bonds. The van der Waals surface area contributed by atoms with Crippen LogP contribution in [-0.4, -0.2) is 72.9 Å². The van der Waals surface area contributed by atoms with Crippen molar-refractivity contribution in [3.8, 4) is 12.3 Å². The van der Waals surface area contributed by atoms with Crippen LogP contribution in [0.4, 0.5) is 11.6 Å². The van der Waals surface area contributed by atoms with Gasteiger partial charge in [-0.3, -0.25) is 4.90 Å². The fourth-order valence-electron chi connectivity index (χ4n) is 4.16. The van der Waals surface area contributed by atoms with Crippen LogP contribution in [0.5, 0.6) is 0 Å². The highest BCUT2D eigenvalue weighted by Crippen LogP contribution is 2.31. The van der Waals surface area contributed by atoms with E-state index in [-0.39, 0.29) is 12.2 Å². The number of benzene rings is 1. The highest BCUT2D eigenvalue weighted by atomic mass is 16.5. The second kappa shape index (κ2) is 8.34. The number of fused-ring (bicyclic) bond motifs is 1. The van der Waals surface area contributed by atoms with Gasteiger partial charge in [-0.25, -0.2) is 9.97 Å². The van der Waals surface area contributed by atoms with Gasteiger partial charge in [-0.15, -0.1) is 12.3 Å². The average Bonchev–Trinajstić information content (AvgIpc) is 2.71. The van der Waals surface area contributed by atoms with Crippen LogP contribution in [0.3, 0.4) is 0 Å². The van der Waals surface area contributed by atoms with E-state index in [0.29, 0.717) is 0 Å². The number of hydrogen-bond donors (Lipinski definition) is 0. The van der Waals surface area contributed by atoms with Gasteiger partial charge in [0.1, 0.15) is 0 Å². The lowest BCUT2D eigenvalue weighted by Gasteiger charge is -2.40. The molecule has 0 spiro atoms. The Kier molecular flexibility index (Phi) is 5.65. The summed E-state index contributed by atoms with van der Waals surface area (Å²) in [5.41, 5.74) is 1.89. The lowest BCUT2D eigenvalue weighted by atomic mass is 10.2. The number of para-hydroxylation sites is 2. The highest BCUT2D eigenvalue weighted by Gasteiger charge is 2.29. The fraction of sp³-hybridized carbons (Fsp3) is 0.545. The van der Waals surface area contributed by atoms with Crippen LogP contribution in [0.15, 0.2) is 24.3 Å². The number of rotatable bonds is 4. The standard InChI is InChI=1S/C22H29N5O/c1-4-5-10-25-11-13-26(14-12-25)21-22(27-15-17(2)28-18(3)16-27)24-20-9-7-6-8-19(20)23-21/h1,6-9,17-18H,5,10-16H2,2-3H3.